The lowest BCUT2D eigenvalue weighted by atomic mass is 9.91. The van der Waals surface area contributed by atoms with Gasteiger partial charge in [0, 0.05) is 38.1 Å². The van der Waals surface area contributed by atoms with Crippen molar-refractivity contribution in [3.05, 3.63) is 53.3 Å². The summed E-state index contributed by atoms with van der Waals surface area (Å²) < 4.78 is 65.8. The normalized spacial score (nSPS) is 21.4. The van der Waals surface area contributed by atoms with Crippen LogP contribution < -0.4 is 14.8 Å². The molecule has 1 N–H and O–H groups in total. The van der Waals surface area contributed by atoms with Crippen LogP contribution in [0.1, 0.15) is 48.3 Å². The standard InChI is InChI=1S/C29H35F3N2O8/c1-17-6-8-20(9-7-17)14-21-15-39-16-22(28(37)41-18(2)25(21)40-13-5-11-29(30,31)32)34-27(36)24-26(42-19(3)35)23(38-4)10-12-33-24/h6-10,12,18,21-22,25H,5,11,13-16H2,1-4H3,(H,34,36). The van der Waals surface area contributed by atoms with E-state index in [4.69, 9.17) is 23.7 Å². The Hall–Kier alpha value is -3.71. The van der Waals surface area contributed by atoms with E-state index >= 15 is 0 Å². The Morgan fingerprint density at radius 1 is 1.14 bits per heavy atom. The Kier molecular flexibility index (Phi) is 11.7. The van der Waals surface area contributed by atoms with Gasteiger partial charge < -0.3 is 29.0 Å². The molecule has 0 spiro atoms. The summed E-state index contributed by atoms with van der Waals surface area (Å²) in [5.41, 5.74) is 1.71. The number of carbonyl (C=O) groups excluding carboxylic acids is 3. The van der Waals surface area contributed by atoms with Gasteiger partial charge in [-0.2, -0.15) is 13.2 Å². The zero-order valence-corrected chi connectivity index (χ0v) is 23.9. The van der Waals surface area contributed by atoms with Gasteiger partial charge in [0.2, 0.25) is 5.75 Å². The molecule has 1 amide bonds. The fourth-order valence-corrected chi connectivity index (χ4v) is 4.50. The van der Waals surface area contributed by atoms with Crippen molar-refractivity contribution in [2.24, 2.45) is 5.92 Å². The van der Waals surface area contributed by atoms with Gasteiger partial charge in [0.15, 0.2) is 17.5 Å². The van der Waals surface area contributed by atoms with E-state index in [0.29, 0.717) is 6.42 Å². The van der Waals surface area contributed by atoms with E-state index in [2.05, 4.69) is 10.3 Å². The van der Waals surface area contributed by atoms with Crippen LogP contribution in [0.25, 0.3) is 0 Å². The summed E-state index contributed by atoms with van der Waals surface area (Å²) in [6, 6.07) is 7.88. The summed E-state index contributed by atoms with van der Waals surface area (Å²) in [7, 11) is 1.32. The summed E-state index contributed by atoms with van der Waals surface area (Å²) in [6.07, 6.45) is -5.52. The van der Waals surface area contributed by atoms with Crippen LogP contribution >= 0.6 is 0 Å². The second-order valence-corrected chi connectivity index (χ2v) is 9.99. The number of amides is 1. The number of hydrogen-bond acceptors (Lipinski definition) is 9. The fourth-order valence-electron chi connectivity index (χ4n) is 4.50. The molecule has 4 atom stereocenters. The second kappa shape index (κ2) is 15.0. The van der Waals surface area contributed by atoms with Crippen molar-refractivity contribution >= 4 is 17.8 Å². The minimum Gasteiger partial charge on any atom is -0.493 e. The highest BCUT2D eigenvalue weighted by Gasteiger charge is 2.36. The van der Waals surface area contributed by atoms with Gasteiger partial charge in [-0.1, -0.05) is 29.8 Å². The number of aromatic nitrogens is 1. The molecule has 0 radical (unpaired) electrons. The van der Waals surface area contributed by atoms with Crippen molar-refractivity contribution < 1.29 is 51.2 Å². The van der Waals surface area contributed by atoms with Crippen LogP contribution in [0.4, 0.5) is 13.2 Å². The molecule has 1 aromatic heterocycles. The van der Waals surface area contributed by atoms with Crippen molar-refractivity contribution in [1.82, 2.24) is 10.3 Å². The molecule has 13 heteroatoms. The van der Waals surface area contributed by atoms with Crippen LogP contribution in [0.2, 0.25) is 0 Å². The molecule has 1 fully saturated rings. The van der Waals surface area contributed by atoms with E-state index in [1.54, 1.807) is 6.92 Å². The number of methoxy groups -OCH3 is 1. The number of rotatable bonds is 10. The average Bonchev–Trinajstić information content (AvgIpc) is 2.96. The van der Waals surface area contributed by atoms with Gasteiger partial charge in [0.25, 0.3) is 5.91 Å². The lowest BCUT2D eigenvalue weighted by Crippen LogP contribution is -2.46. The van der Waals surface area contributed by atoms with Gasteiger partial charge in [0.05, 0.1) is 26.4 Å². The van der Waals surface area contributed by atoms with Crippen molar-refractivity contribution in [3.8, 4) is 11.5 Å². The van der Waals surface area contributed by atoms with E-state index in [1.165, 1.54) is 19.4 Å². The fraction of sp³-hybridized carbons (Fsp3) is 0.517. The molecular weight excluding hydrogens is 561 g/mol. The molecule has 0 bridgehead atoms. The first-order valence-electron chi connectivity index (χ1n) is 13.4. The third kappa shape index (κ3) is 9.69. The molecule has 2 aromatic rings. The van der Waals surface area contributed by atoms with Gasteiger partial charge in [0.1, 0.15) is 6.10 Å². The minimum absolute atomic E-state index is 0.0707. The number of hydrogen-bond donors (Lipinski definition) is 1. The second-order valence-electron chi connectivity index (χ2n) is 9.99. The van der Waals surface area contributed by atoms with Crippen LogP contribution in [0.5, 0.6) is 11.5 Å². The molecule has 4 unspecified atom stereocenters. The van der Waals surface area contributed by atoms with Crippen molar-refractivity contribution in [2.75, 3.05) is 26.9 Å². The van der Waals surface area contributed by atoms with Crippen LogP contribution in [0.3, 0.4) is 0 Å². The summed E-state index contributed by atoms with van der Waals surface area (Å²) in [6.45, 7) is 4.29. The highest BCUT2D eigenvalue weighted by Crippen LogP contribution is 2.30. The number of nitrogens with one attached hydrogen (secondary N) is 1. The first kappa shape index (κ1) is 32.8. The van der Waals surface area contributed by atoms with E-state index in [0.717, 1.165) is 18.1 Å². The Morgan fingerprint density at radius 2 is 1.86 bits per heavy atom. The molecule has 2 heterocycles. The zero-order chi connectivity index (χ0) is 30.9. The van der Waals surface area contributed by atoms with Crippen molar-refractivity contribution in [1.29, 1.82) is 0 Å². The maximum atomic E-state index is 13.1. The smallest absolute Gasteiger partial charge is 0.389 e. The Balaban J connectivity index is 1.80. The molecule has 0 saturated carbocycles. The lowest BCUT2D eigenvalue weighted by Gasteiger charge is -2.31. The van der Waals surface area contributed by atoms with Crippen molar-refractivity contribution in [2.45, 2.75) is 64.5 Å². The summed E-state index contributed by atoms with van der Waals surface area (Å²) in [5, 5.41) is 2.51. The van der Waals surface area contributed by atoms with Crippen molar-refractivity contribution in [3.63, 3.8) is 0 Å². The Labute approximate surface area is 241 Å². The maximum absolute atomic E-state index is 13.1. The largest absolute Gasteiger partial charge is 0.493 e. The number of cyclic esters (lactones) is 1. The van der Waals surface area contributed by atoms with Crippen LogP contribution in [0.15, 0.2) is 36.5 Å². The molecule has 1 aliphatic rings. The molecule has 1 aliphatic heterocycles. The zero-order valence-electron chi connectivity index (χ0n) is 23.9. The average molecular weight is 597 g/mol. The molecule has 10 nitrogen and oxygen atoms in total. The first-order chi connectivity index (χ1) is 19.9. The Bertz CT molecular complexity index is 1220. The number of esters is 2. The third-order valence-electron chi connectivity index (χ3n) is 6.52. The van der Waals surface area contributed by atoms with Crippen LogP contribution in [0, 0.1) is 12.8 Å². The van der Waals surface area contributed by atoms with E-state index in [9.17, 15) is 27.6 Å². The molecule has 230 valence electrons. The number of pyridine rings is 1. The van der Waals surface area contributed by atoms with Gasteiger partial charge in [-0.15, -0.1) is 0 Å². The monoisotopic (exact) mass is 596 g/mol. The molecular formula is C29H35F3N2O8. The van der Waals surface area contributed by atoms with Crippen LogP contribution in [-0.2, 0) is 30.2 Å². The molecule has 3 rings (SSSR count). The number of alkyl halides is 3. The van der Waals surface area contributed by atoms with Gasteiger partial charge in [-0.25, -0.2) is 9.78 Å². The van der Waals surface area contributed by atoms with E-state index < -0.39 is 48.7 Å². The third-order valence-corrected chi connectivity index (χ3v) is 6.52. The molecule has 1 saturated heterocycles. The van der Waals surface area contributed by atoms with Crippen LogP contribution in [-0.4, -0.2) is 74.2 Å². The number of ether oxygens (including phenoxy) is 5. The van der Waals surface area contributed by atoms with E-state index in [1.807, 2.05) is 31.2 Å². The predicted octanol–water partition coefficient (Wildman–Crippen LogP) is 3.97. The quantitative estimate of drug-likeness (QED) is 0.321. The molecule has 1 aromatic carbocycles. The highest BCUT2D eigenvalue weighted by molar-refractivity contribution is 5.98. The van der Waals surface area contributed by atoms with E-state index in [-0.39, 0.29) is 49.4 Å². The SMILES string of the molecule is COc1ccnc(C(=O)NC2COCC(Cc3ccc(C)cc3)C(OCCCC(F)(F)F)C(C)OC2=O)c1OC(C)=O. The summed E-state index contributed by atoms with van der Waals surface area (Å²) >= 11 is 0. The summed E-state index contributed by atoms with van der Waals surface area (Å²) in [4.78, 5) is 41.9. The first-order valence-corrected chi connectivity index (χ1v) is 13.4. The molecule has 42 heavy (non-hydrogen) atoms. The van der Waals surface area contributed by atoms with Gasteiger partial charge in [-0.05, 0) is 32.3 Å². The number of nitrogens with zero attached hydrogens (tertiary/aromatic N) is 1. The minimum atomic E-state index is -4.32. The topological polar surface area (TPSA) is 122 Å². The van der Waals surface area contributed by atoms with Gasteiger partial charge in [-0.3, -0.25) is 9.59 Å². The van der Waals surface area contributed by atoms with Gasteiger partial charge >= 0.3 is 18.1 Å². The summed E-state index contributed by atoms with van der Waals surface area (Å²) in [5.74, 6) is -2.92. The maximum Gasteiger partial charge on any atom is 0.389 e. The molecule has 0 aliphatic carbocycles. The number of halogens is 3. The highest BCUT2D eigenvalue weighted by atomic mass is 19.4. The predicted molar refractivity (Wildman–Crippen MR) is 143 cm³/mol. The number of aryl methyl sites for hydroxylation is 1. The number of carbonyl (C=O) groups is 3. The number of benzene rings is 1. The Morgan fingerprint density at radius 3 is 2.50 bits per heavy atom. The lowest BCUT2D eigenvalue weighted by molar-refractivity contribution is -0.162.